The Morgan fingerprint density at radius 1 is 0.974 bits per heavy atom. The van der Waals surface area contributed by atoms with E-state index in [2.05, 4.69) is 0 Å². The molecule has 0 aliphatic rings. The molecule has 4 N–H and O–H groups in total. The SMILES string of the molecule is CC.[2H]C.[2H]C(=C(N)c1ccc(OC)c(OCC)c1)S(=O)(=O)C([2H])([2H])[2H].[2H]C([2H])([2H])S(=O)(=O)C([2H])([2H])[C@@H](N)c1ccc(OC)c(OCC)c1. The highest BCUT2D eigenvalue weighted by Crippen LogP contribution is 2.31. The molecule has 2 rings (SSSR count). The van der Waals surface area contributed by atoms with Gasteiger partial charge in [-0.1, -0.05) is 27.3 Å². The summed E-state index contributed by atoms with van der Waals surface area (Å²) in [6.45, 7) is 8.12. The van der Waals surface area contributed by atoms with Crippen LogP contribution < -0.4 is 30.4 Å². The van der Waals surface area contributed by atoms with Crippen LogP contribution in [0.5, 0.6) is 23.0 Å². The van der Waals surface area contributed by atoms with E-state index in [-0.39, 0.29) is 16.9 Å². The summed E-state index contributed by atoms with van der Waals surface area (Å²) >= 11 is 0. The van der Waals surface area contributed by atoms with Gasteiger partial charge in [0.05, 0.1) is 45.6 Å². The van der Waals surface area contributed by atoms with Gasteiger partial charge in [-0.15, -0.1) is 0 Å². The number of hydrogen-bond donors (Lipinski definition) is 2. The molecule has 1 atom stereocenters. The largest absolute Gasteiger partial charge is 0.493 e. The lowest BCUT2D eigenvalue weighted by molar-refractivity contribution is 0.310. The van der Waals surface area contributed by atoms with Crippen molar-refractivity contribution < 1.29 is 49.5 Å². The van der Waals surface area contributed by atoms with Crippen LogP contribution in [0, 0.1) is 0 Å². The van der Waals surface area contributed by atoms with E-state index < -0.39 is 54.9 Å². The van der Waals surface area contributed by atoms with E-state index in [9.17, 15) is 16.8 Å². The number of rotatable bonds is 11. The molecule has 0 amide bonds. The van der Waals surface area contributed by atoms with E-state index in [1.54, 1.807) is 13.8 Å². The molecule has 39 heavy (non-hydrogen) atoms. The van der Waals surface area contributed by atoms with Crippen LogP contribution in [0.3, 0.4) is 0 Å². The Morgan fingerprint density at radius 3 is 1.95 bits per heavy atom. The highest BCUT2D eigenvalue weighted by atomic mass is 32.2. The molecule has 0 aromatic heterocycles. The van der Waals surface area contributed by atoms with Crippen LogP contribution in [-0.4, -0.2) is 62.3 Å². The van der Waals surface area contributed by atoms with Gasteiger partial charge in [-0.05, 0) is 49.7 Å². The minimum absolute atomic E-state index is 0.0760. The third kappa shape index (κ3) is 14.7. The summed E-state index contributed by atoms with van der Waals surface area (Å²) in [6.07, 6.45) is -6.85. The van der Waals surface area contributed by atoms with Crippen molar-refractivity contribution in [1.29, 1.82) is 0 Å². The zero-order chi connectivity index (χ0) is 39.2. The highest BCUT2D eigenvalue weighted by molar-refractivity contribution is 7.93. The van der Waals surface area contributed by atoms with Crippen LogP contribution >= 0.6 is 0 Å². The summed E-state index contributed by atoms with van der Waals surface area (Å²) < 4.78 is 139. The van der Waals surface area contributed by atoms with E-state index in [1.165, 1.54) is 58.0 Å². The maximum Gasteiger partial charge on any atom is 0.170 e. The quantitative estimate of drug-likeness (QED) is 0.383. The summed E-state index contributed by atoms with van der Waals surface area (Å²) in [5, 5.41) is -1.15. The van der Waals surface area contributed by atoms with Gasteiger partial charge in [-0.25, -0.2) is 16.8 Å². The molecule has 0 aliphatic carbocycles. The van der Waals surface area contributed by atoms with Crippen LogP contribution in [0.4, 0.5) is 0 Å². The molecule has 0 bridgehead atoms. The minimum Gasteiger partial charge on any atom is -0.493 e. The van der Waals surface area contributed by atoms with E-state index >= 15 is 0 Å². The fraction of sp³-hybridized carbons (Fsp3) is 0.481. The number of ether oxygens (including phenoxy) is 4. The lowest BCUT2D eigenvalue weighted by atomic mass is 10.1. The van der Waals surface area contributed by atoms with Crippen molar-refractivity contribution >= 4 is 25.4 Å². The molecule has 0 radical (unpaired) electrons. The first kappa shape index (κ1) is 22.8. The van der Waals surface area contributed by atoms with E-state index in [0.29, 0.717) is 30.5 Å². The number of benzene rings is 2. The Hall–Kier alpha value is -2.96. The molecule has 0 saturated heterocycles. The molecule has 12 heteroatoms. The molecule has 0 aliphatic heterocycles. The number of nitrogens with two attached hydrogens (primary N) is 2. The van der Waals surface area contributed by atoms with Crippen molar-refractivity contribution in [2.75, 3.05) is 45.5 Å². The first-order chi connectivity index (χ1) is 22.5. The van der Waals surface area contributed by atoms with Gasteiger partial charge in [-0.2, -0.15) is 0 Å². The Morgan fingerprint density at radius 2 is 1.49 bits per heavy atom. The minimum atomic E-state index is -5.13. The van der Waals surface area contributed by atoms with Crippen LogP contribution in [-0.2, 0) is 19.7 Å². The van der Waals surface area contributed by atoms with E-state index in [1.807, 2.05) is 13.8 Å². The molecule has 2 aromatic carbocycles. The van der Waals surface area contributed by atoms with Gasteiger partial charge in [0.25, 0.3) is 0 Å². The van der Waals surface area contributed by atoms with Crippen molar-refractivity contribution in [2.45, 2.75) is 41.1 Å². The average molecular weight is 601 g/mol. The Labute approximate surface area is 249 Å². The summed E-state index contributed by atoms with van der Waals surface area (Å²) in [4.78, 5) is 0. The van der Waals surface area contributed by atoms with E-state index in [0.717, 1.165) is 0 Å². The first-order valence-corrected chi connectivity index (χ1v) is 14.2. The average Bonchev–Trinajstić information content (AvgIpc) is 3.05. The van der Waals surface area contributed by atoms with Gasteiger partial charge >= 0.3 is 0 Å². The lowest BCUT2D eigenvalue weighted by Crippen LogP contribution is -2.20. The maximum atomic E-state index is 11.9. The van der Waals surface area contributed by atoms with Gasteiger partial charge in [0, 0.05) is 36.3 Å². The maximum absolute atomic E-state index is 11.9. The second-order valence-electron chi connectivity index (χ2n) is 6.76. The molecular formula is C27H46N2O8S2. The van der Waals surface area contributed by atoms with Gasteiger partial charge < -0.3 is 30.4 Å². The molecule has 0 unspecified atom stereocenters. The molecule has 10 nitrogen and oxygen atoms in total. The molecular weight excluding hydrogens is 544 g/mol. The smallest absolute Gasteiger partial charge is 0.170 e. The second kappa shape index (κ2) is 18.3. The Bertz CT molecular complexity index is 1580. The van der Waals surface area contributed by atoms with Gasteiger partial charge in [0.2, 0.25) is 0 Å². The molecule has 224 valence electrons. The van der Waals surface area contributed by atoms with E-state index in [4.69, 9.17) is 44.1 Å². The third-order valence-electron chi connectivity index (χ3n) is 4.15. The molecule has 0 saturated carbocycles. The topological polar surface area (TPSA) is 157 Å². The monoisotopic (exact) mass is 600 g/mol. The molecule has 0 heterocycles. The summed E-state index contributed by atoms with van der Waals surface area (Å²) in [7, 11) is -5.84. The van der Waals surface area contributed by atoms with Crippen LogP contribution in [0.2, 0.25) is 0 Å². The molecule has 0 spiro atoms. The predicted molar refractivity (Wildman–Crippen MR) is 160 cm³/mol. The third-order valence-corrected chi connectivity index (χ3v) is 5.20. The van der Waals surface area contributed by atoms with Crippen molar-refractivity contribution in [3.05, 3.63) is 52.9 Å². The van der Waals surface area contributed by atoms with Crippen molar-refractivity contribution in [3.8, 4) is 23.0 Å². The van der Waals surface area contributed by atoms with Gasteiger partial charge in [0.1, 0.15) is 9.84 Å². The Balaban J connectivity index is 0. The standard InChI is InChI=1S/C12H19NO4S.C12H17NO4S.C2H6.CH4/c2*1-4-17-12-7-9(5-6-11(12)16-2)10(13)8-18(3,14)15;1-2;/h5-7,10H,4,8,13H2,1-3H3;5-8H,4,13H2,1-3H3;1-2H3;1H4/t10-;;;/m1.../s1/i3D3,8D2;3D3,8D;;1D. The second-order valence-corrected chi connectivity index (χ2v) is 9.21. The lowest BCUT2D eigenvalue weighted by Gasteiger charge is -2.15. The molecule has 0 fully saturated rings. The number of hydrogen-bond acceptors (Lipinski definition) is 10. The normalized spacial score (nSPS) is 16.7. The van der Waals surface area contributed by atoms with Crippen molar-refractivity contribution in [2.24, 2.45) is 11.5 Å². The van der Waals surface area contributed by atoms with Crippen molar-refractivity contribution in [1.82, 2.24) is 0 Å². The zero-order valence-electron chi connectivity index (χ0n) is 33.2. The number of methoxy groups -OCH3 is 2. The summed E-state index contributed by atoms with van der Waals surface area (Å²) in [5.41, 5.74) is 7.93. The highest BCUT2D eigenvalue weighted by Gasteiger charge is 2.15. The van der Waals surface area contributed by atoms with Crippen LogP contribution in [0.25, 0.3) is 5.70 Å². The predicted octanol–water partition coefficient (Wildman–Crippen LogP) is 4.20. The zero-order valence-corrected chi connectivity index (χ0v) is 24.8. The number of sulfone groups is 2. The fourth-order valence-electron chi connectivity index (χ4n) is 2.71. The molecule has 2 aromatic rings. The Kier molecular flexibility index (Phi) is 10.7. The van der Waals surface area contributed by atoms with Crippen LogP contribution in [0.1, 0.15) is 66.0 Å². The first-order valence-electron chi connectivity index (χ1n) is 16.8. The van der Waals surface area contributed by atoms with Gasteiger partial charge in [0.15, 0.2) is 32.8 Å². The van der Waals surface area contributed by atoms with Crippen LogP contribution in [0.15, 0.2) is 41.8 Å². The van der Waals surface area contributed by atoms with Crippen molar-refractivity contribution in [3.63, 3.8) is 0 Å². The fourth-order valence-corrected chi connectivity index (χ4v) is 3.58. The van der Waals surface area contributed by atoms with Gasteiger partial charge in [-0.3, -0.25) is 0 Å². The summed E-state index contributed by atoms with van der Waals surface area (Å²) in [5.74, 6) is 1.33. The summed E-state index contributed by atoms with van der Waals surface area (Å²) in [6, 6.07) is 6.72.